The summed E-state index contributed by atoms with van der Waals surface area (Å²) >= 11 is 0. The van der Waals surface area contributed by atoms with Crippen molar-refractivity contribution in [2.45, 2.75) is 13.3 Å². The third-order valence-corrected chi connectivity index (χ3v) is 0.441. The molecular weight excluding hydrogens is 78.1 g/mol. The summed E-state index contributed by atoms with van der Waals surface area (Å²) in [6.45, 7) is 2.84. The summed E-state index contributed by atoms with van der Waals surface area (Å²) in [5.74, 6) is 0. The van der Waals surface area contributed by atoms with E-state index in [1.165, 1.54) is 0 Å². The Kier molecular flexibility index (Phi) is 3.96. The Bertz CT molecular complexity index is 35.0. The van der Waals surface area contributed by atoms with Gasteiger partial charge in [-0.1, -0.05) is 12.1 Å². The Hall–Kier alpha value is -0.600. The lowest BCUT2D eigenvalue weighted by molar-refractivity contribution is 0.659. The molecule has 0 spiro atoms. The van der Waals surface area contributed by atoms with Crippen molar-refractivity contribution < 1.29 is 0 Å². The highest BCUT2D eigenvalue weighted by Gasteiger charge is 1.68. The largest absolute Gasteiger partial charge is 0.292 e. The summed E-state index contributed by atoms with van der Waals surface area (Å²) in [6, 6.07) is 0. The first-order chi connectivity index (χ1) is 2.91. The topological polar surface area (TPSA) is 48.2 Å². The fourth-order valence-corrected chi connectivity index (χ4v) is 0.168. The SMILES string of the molecule is CCCNN=N. The van der Waals surface area contributed by atoms with Crippen LogP contribution in [-0.4, -0.2) is 6.54 Å². The van der Waals surface area contributed by atoms with Crippen LogP contribution in [0.15, 0.2) is 5.22 Å². The van der Waals surface area contributed by atoms with Gasteiger partial charge in [-0.15, -0.1) is 0 Å². The first-order valence-corrected chi connectivity index (χ1v) is 2.01. The summed E-state index contributed by atoms with van der Waals surface area (Å²) in [5.41, 5.74) is 8.71. The highest BCUT2D eigenvalue weighted by atomic mass is 15.4. The molecule has 0 rings (SSSR count). The second kappa shape index (κ2) is 4.40. The molecule has 0 fully saturated rings. The Morgan fingerprint density at radius 2 is 2.50 bits per heavy atom. The molecule has 0 aromatic carbocycles. The highest BCUT2D eigenvalue weighted by Crippen LogP contribution is 1.65. The minimum atomic E-state index is 0.809. The van der Waals surface area contributed by atoms with Gasteiger partial charge in [0.25, 0.3) is 0 Å². The van der Waals surface area contributed by atoms with Gasteiger partial charge in [-0.05, 0) is 6.42 Å². The maximum absolute atomic E-state index is 6.22. The molecule has 36 valence electrons. The number of hydrogen-bond acceptors (Lipinski definition) is 2. The van der Waals surface area contributed by atoms with E-state index in [2.05, 4.69) is 10.6 Å². The van der Waals surface area contributed by atoms with Crippen LogP contribution in [0.2, 0.25) is 0 Å². The van der Waals surface area contributed by atoms with Gasteiger partial charge in [-0.2, -0.15) is 5.53 Å². The van der Waals surface area contributed by atoms with E-state index in [0.717, 1.165) is 13.0 Å². The molecule has 0 saturated heterocycles. The van der Waals surface area contributed by atoms with Gasteiger partial charge in [0.2, 0.25) is 0 Å². The van der Waals surface area contributed by atoms with E-state index in [9.17, 15) is 0 Å². The second-order valence-electron chi connectivity index (χ2n) is 1.02. The molecule has 2 N–H and O–H groups in total. The zero-order valence-electron chi connectivity index (χ0n) is 3.86. The zero-order valence-corrected chi connectivity index (χ0v) is 3.86. The average Bonchev–Trinajstić information content (AvgIpc) is 1.61. The summed E-state index contributed by atoms with van der Waals surface area (Å²) in [5, 5.41) is 2.93. The summed E-state index contributed by atoms with van der Waals surface area (Å²) < 4.78 is 0. The van der Waals surface area contributed by atoms with Gasteiger partial charge in [0.1, 0.15) is 0 Å². The Morgan fingerprint density at radius 1 is 1.83 bits per heavy atom. The molecule has 0 aliphatic rings. The van der Waals surface area contributed by atoms with Crippen LogP contribution in [0.1, 0.15) is 13.3 Å². The number of hydrogen-bond donors (Lipinski definition) is 2. The van der Waals surface area contributed by atoms with E-state index in [1.54, 1.807) is 0 Å². The predicted octanol–water partition coefficient (Wildman–Crippen LogP) is 0.932. The van der Waals surface area contributed by atoms with Gasteiger partial charge < -0.3 is 0 Å². The molecule has 3 heteroatoms. The van der Waals surface area contributed by atoms with Gasteiger partial charge in [0, 0.05) is 6.54 Å². The van der Waals surface area contributed by atoms with Gasteiger partial charge >= 0.3 is 0 Å². The van der Waals surface area contributed by atoms with Crippen LogP contribution in [0.3, 0.4) is 0 Å². The van der Waals surface area contributed by atoms with Crippen LogP contribution in [-0.2, 0) is 0 Å². The molecule has 6 heavy (non-hydrogen) atoms. The number of nitrogens with zero attached hydrogens (tertiary/aromatic N) is 1. The van der Waals surface area contributed by atoms with E-state index in [-0.39, 0.29) is 0 Å². The van der Waals surface area contributed by atoms with Crippen molar-refractivity contribution >= 4 is 0 Å². The van der Waals surface area contributed by atoms with Crippen LogP contribution >= 0.6 is 0 Å². The predicted molar refractivity (Wildman–Crippen MR) is 23.4 cm³/mol. The van der Waals surface area contributed by atoms with Crippen molar-refractivity contribution in [3.8, 4) is 0 Å². The van der Waals surface area contributed by atoms with E-state index in [4.69, 9.17) is 5.53 Å². The zero-order chi connectivity index (χ0) is 4.83. The van der Waals surface area contributed by atoms with Crippen LogP contribution in [0.25, 0.3) is 0 Å². The van der Waals surface area contributed by atoms with Crippen molar-refractivity contribution in [2.75, 3.05) is 6.54 Å². The van der Waals surface area contributed by atoms with Crippen LogP contribution in [0.5, 0.6) is 0 Å². The standard InChI is InChI=1S/C3H9N3/c1-2-3-5-6-4/h2-3H2,1H3,(H2,4,5). The molecule has 0 aromatic rings. The molecule has 0 unspecified atom stereocenters. The van der Waals surface area contributed by atoms with Crippen molar-refractivity contribution in [2.24, 2.45) is 5.22 Å². The van der Waals surface area contributed by atoms with E-state index >= 15 is 0 Å². The van der Waals surface area contributed by atoms with E-state index in [0.29, 0.717) is 0 Å². The minimum Gasteiger partial charge on any atom is -0.292 e. The van der Waals surface area contributed by atoms with Crippen molar-refractivity contribution in [1.29, 1.82) is 5.53 Å². The quantitative estimate of drug-likeness (QED) is 0.300. The van der Waals surface area contributed by atoms with Gasteiger partial charge in [0.15, 0.2) is 0 Å². The highest BCUT2D eigenvalue weighted by molar-refractivity contribution is 4.27. The minimum absolute atomic E-state index is 0.809. The third kappa shape index (κ3) is 3.40. The van der Waals surface area contributed by atoms with Gasteiger partial charge in [-0.25, -0.2) is 0 Å². The van der Waals surface area contributed by atoms with Crippen molar-refractivity contribution in [3.63, 3.8) is 0 Å². The Morgan fingerprint density at radius 3 is 2.67 bits per heavy atom. The lowest BCUT2D eigenvalue weighted by Gasteiger charge is -1.86. The van der Waals surface area contributed by atoms with Crippen LogP contribution in [0, 0.1) is 5.53 Å². The first-order valence-electron chi connectivity index (χ1n) is 2.01. The number of rotatable bonds is 3. The molecule has 0 heterocycles. The summed E-state index contributed by atoms with van der Waals surface area (Å²) in [7, 11) is 0. The molecule has 0 saturated carbocycles. The van der Waals surface area contributed by atoms with Gasteiger partial charge in [0.05, 0.1) is 0 Å². The van der Waals surface area contributed by atoms with Crippen LogP contribution < -0.4 is 5.43 Å². The normalized spacial score (nSPS) is 7.50. The second-order valence-corrected chi connectivity index (χ2v) is 1.02. The molecule has 0 amide bonds. The molecule has 0 radical (unpaired) electrons. The monoisotopic (exact) mass is 87.1 g/mol. The first kappa shape index (κ1) is 5.40. The third-order valence-electron chi connectivity index (χ3n) is 0.441. The fraction of sp³-hybridized carbons (Fsp3) is 1.00. The molecule has 0 bridgehead atoms. The van der Waals surface area contributed by atoms with Crippen molar-refractivity contribution in [1.82, 2.24) is 5.43 Å². The Labute approximate surface area is 37.2 Å². The summed E-state index contributed by atoms with van der Waals surface area (Å²) in [4.78, 5) is 0. The molecule has 0 aromatic heterocycles. The molecule has 0 atom stereocenters. The van der Waals surface area contributed by atoms with Crippen LogP contribution in [0.4, 0.5) is 0 Å². The lowest BCUT2D eigenvalue weighted by atomic mass is 10.5. The maximum atomic E-state index is 6.22. The lowest BCUT2D eigenvalue weighted by Crippen LogP contribution is -2.02. The Balaban J connectivity index is 2.49. The van der Waals surface area contributed by atoms with E-state index < -0.39 is 0 Å². The van der Waals surface area contributed by atoms with E-state index in [1.807, 2.05) is 6.92 Å². The average molecular weight is 87.1 g/mol. The van der Waals surface area contributed by atoms with Gasteiger partial charge in [-0.3, -0.25) is 5.43 Å². The number of nitrogens with one attached hydrogen (secondary N) is 2. The molecular formula is C3H9N3. The maximum Gasteiger partial charge on any atom is 0.0343 e. The molecule has 0 aliphatic heterocycles. The van der Waals surface area contributed by atoms with Crippen molar-refractivity contribution in [3.05, 3.63) is 0 Å². The smallest absolute Gasteiger partial charge is 0.0343 e. The molecule has 0 aliphatic carbocycles. The fourth-order valence-electron chi connectivity index (χ4n) is 0.168. The summed E-state index contributed by atoms with van der Waals surface area (Å²) in [6.07, 6.45) is 1.03. The molecule has 3 nitrogen and oxygen atoms in total.